The van der Waals surface area contributed by atoms with E-state index in [1.54, 1.807) is 11.7 Å². The SMILES string of the molecule is CCc1cc(C(=O)NCCCCC(N)=S)n(C)n1. The summed E-state index contributed by atoms with van der Waals surface area (Å²) < 4.78 is 1.61. The lowest BCUT2D eigenvalue weighted by Gasteiger charge is -2.04. The number of rotatable bonds is 7. The Bertz CT molecular complexity index is 428. The van der Waals surface area contributed by atoms with Crippen LogP contribution >= 0.6 is 12.2 Å². The van der Waals surface area contributed by atoms with Gasteiger partial charge in [-0.1, -0.05) is 19.1 Å². The largest absolute Gasteiger partial charge is 0.393 e. The molecule has 0 aromatic carbocycles. The zero-order valence-electron chi connectivity index (χ0n) is 10.9. The van der Waals surface area contributed by atoms with Gasteiger partial charge < -0.3 is 11.1 Å². The molecular formula is C12H20N4OS. The summed E-state index contributed by atoms with van der Waals surface area (Å²) >= 11 is 4.79. The highest BCUT2D eigenvalue weighted by atomic mass is 32.1. The molecule has 1 rings (SSSR count). The van der Waals surface area contributed by atoms with Crippen molar-refractivity contribution < 1.29 is 4.79 Å². The van der Waals surface area contributed by atoms with Gasteiger partial charge in [-0.05, 0) is 31.7 Å². The minimum Gasteiger partial charge on any atom is -0.393 e. The van der Waals surface area contributed by atoms with Crippen LogP contribution in [0.25, 0.3) is 0 Å². The molecule has 18 heavy (non-hydrogen) atoms. The first-order valence-electron chi connectivity index (χ1n) is 6.14. The molecule has 0 radical (unpaired) electrons. The van der Waals surface area contributed by atoms with Crippen molar-refractivity contribution in [3.63, 3.8) is 0 Å². The van der Waals surface area contributed by atoms with E-state index in [1.807, 2.05) is 13.0 Å². The van der Waals surface area contributed by atoms with E-state index in [0.29, 0.717) is 17.2 Å². The van der Waals surface area contributed by atoms with Gasteiger partial charge in [0.2, 0.25) is 0 Å². The van der Waals surface area contributed by atoms with Crippen LogP contribution in [0.15, 0.2) is 6.07 Å². The van der Waals surface area contributed by atoms with E-state index in [2.05, 4.69) is 10.4 Å². The van der Waals surface area contributed by atoms with Crippen LogP contribution < -0.4 is 11.1 Å². The van der Waals surface area contributed by atoms with Crippen LogP contribution in [0.3, 0.4) is 0 Å². The molecule has 1 aromatic heterocycles. The van der Waals surface area contributed by atoms with Gasteiger partial charge in [0.25, 0.3) is 5.91 Å². The molecule has 1 aromatic rings. The molecule has 0 bridgehead atoms. The number of nitrogens with two attached hydrogens (primary N) is 1. The maximum absolute atomic E-state index is 11.9. The fourth-order valence-corrected chi connectivity index (χ4v) is 1.77. The summed E-state index contributed by atoms with van der Waals surface area (Å²) in [6.45, 7) is 2.65. The molecule has 0 fully saturated rings. The van der Waals surface area contributed by atoms with E-state index in [0.717, 1.165) is 31.4 Å². The van der Waals surface area contributed by atoms with Crippen LogP contribution in [-0.2, 0) is 13.5 Å². The third kappa shape index (κ3) is 4.44. The molecule has 6 heteroatoms. The normalized spacial score (nSPS) is 10.3. The van der Waals surface area contributed by atoms with Crippen LogP contribution in [0, 0.1) is 0 Å². The van der Waals surface area contributed by atoms with E-state index in [-0.39, 0.29) is 5.91 Å². The van der Waals surface area contributed by atoms with Crippen LogP contribution in [0.2, 0.25) is 0 Å². The minimum absolute atomic E-state index is 0.0833. The lowest BCUT2D eigenvalue weighted by atomic mass is 10.2. The second kappa shape index (κ2) is 7.10. The smallest absolute Gasteiger partial charge is 0.269 e. The molecule has 5 nitrogen and oxygen atoms in total. The lowest BCUT2D eigenvalue weighted by Crippen LogP contribution is -2.26. The number of carbonyl (C=O) groups excluding carboxylic acids is 1. The molecular weight excluding hydrogens is 248 g/mol. The number of aromatic nitrogens is 2. The Hall–Kier alpha value is -1.43. The zero-order valence-corrected chi connectivity index (χ0v) is 11.7. The fraction of sp³-hybridized carbons (Fsp3) is 0.583. The number of hydrogen-bond acceptors (Lipinski definition) is 3. The van der Waals surface area contributed by atoms with Crippen molar-refractivity contribution in [1.82, 2.24) is 15.1 Å². The molecule has 100 valence electrons. The highest BCUT2D eigenvalue weighted by molar-refractivity contribution is 7.80. The summed E-state index contributed by atoms with van der Waals surface area (Å²) in [5.41, 5.74) is 6.92. The molecule has 0 saturated heterocycles. The number of amides is 1. The first-order chi connectivity index (χ1) is 8.54. The molecule has 1 amide bonds. The van der Waals surface area contributed by atoms with Gasteiger partial charge in [-0.3, -0.25) is 9.48 Å². The first kappa shape index (κ1) is 14.6. The lowest BCUT2D eigenvalue weighted by molar-refractivity contribution is 0.0943. The van der Waals surface area contributed by atoms with E-state index in [1.165, 1.54) is 0 Å². The summed E-state index contributed by atoms with van der Waals surface area (Å²) in [5, 5.41) is 7.11. The second-order valence-electron chi connectivity index (χ2n) is 4.18. The van der Waals surface area contributed by atoms with E-state index in [9.17, 15) is 4.79 Å². The van der Waals surface area contributed by atoms with Gasteiger partial charge in [0, 0.05) is 13.6 Å². The number of unbranched alkanes of at least 4 members (excludes halogenated alkanes) is 1. The topological polar surface area (TPSA) is 72.9 Å². The van der Waals surface area contributed by atoms with Gasteiger partial charge in [0.15, 0.2) is 0 Å². The Morgan fingerprint density at radius 1 is 1.56 bits per heavy atom. The number of nitrogens with zero attached hydrogens (tertiary/aromatic N) is 2. The number of carbonyl (C=O) groups is 1. The number of hydrogen-bond donors (Lipinski definition) is 2. The van der Waals surface area contributed by atoms with Crippen molar-refractivity contribution in [3.8, 4) is 0 Å². The summed E-state index contributed by atoms with van der Waals surface area (Å²) in [6.07, 6.45) is 3.34. The van der Waals surface area contributed by atoms with Crippen molar-refractivity contribution in [3.05, 3.63) is 17.5 Å². The van der Waals surface area contributed by atoms with Crippen molar-refractivity contribution >= 4 is 23.1 Å². The minimum atomic E-state index is -0.0833. The predicted octanol–water partition coefficient (Wildman–Crippen LogP) is 1.17. The van der Waals surface area contributed by atoms with Crippen LogP contribution in [0.5, 0.6) is 0 Å². The van der Waals surface area contributed by atoms with Crippen LogP contribution in [0.4, 0.5) is 0 Å². The number of nitrogens with one attached hydrogen (secondary N) is 1. The Morgan fingerprint density at radius 3 is 2.83 bits per heavy atom. The quantitative estimate of drug-likeness (QED) is 0.575. The molecule has 0 aliphatic carbocycles. The Balaban J connectivity index is 2.36. The standard InChI is InChI=1S/C12H20N4OS/c1-3-9-8-10(16(2)15-9)12(17)14-7-5-4-6-11(13)18/h8H,3-7H2,1-2H3,(H2,13,18)(H,14,17). The molecule has 3 N–H and O–H groups in total. The monoisotopic (exact) mass is 268 g/mol. The van der Waals surface area contributed by atoms with Crippen molar-refractivity contribution in [2.45, 2.75) is 32.6 Å². The summed E-state index contributed by atoms with van der Waals surface area (Å²) in [6, 6.07) is 1.82. The predicted molar refractivity (Wildman–Crippen MR) is 75.6 cm³/mol. The molecule has 0 aliphatic rings. The summed E-state index contributed by atoms with van der Waals surface area (Å²) in [5.74, 6) is -0.0833. The average Bonchev–Trinajstić information content (AvgIpc) is 2.69. The Kier molecular flexibility index (Phi) is 5.77. The van der Waals surface area contributed by atoms with E-state index >= 15 is 0 Å². The van der Waals surface area contributed by atoms with E-state index < -0.39 is 0 Å². The average molecular weight is 268 g/mol. The number of aryl methyl sites for hydroxylation is 2. The van der Waals surface area contributed by atoms with Gasteiger partial charge >= 0.3 is 0 Å². The number of thiocarbonyl (C=S) groups is 1. The molecule has 0 spiro atoms. The third-order valence-electron chi connectivity index (χ3n) is 2.66. The summed E-state index contributed by atoms with van der Waals surface area (Å²) in [4.78, 5) is 12.4. The van der Waals surface area contributed by atoms with Crippen LogP contribution in [-0.4, -0.2) is 27.2 Å². The third-order valence-corrected chi connectivity index (χ3v) is 2.86. The van der Waals surface area contributed by atoms with Crippen molar-refractivity contribution in [1.29, 1.82) is 0 Å². The maximum Gasteiger partial charge on any atom is 0.269 e. The van der Waals surface area contributed by atoms with Gasteiger partial charge in [-0.25, -0.2) is 0 Å². The molecule has 1 heterocycles. The highest BCUT2D eigenvalue weighted by Gasteiger charge is 2.11. The molecule has 0 atom stereocenters. The first-order valence-corrected chi connectivity index (χ1v) is 6.54. The summed E-state index contributed by atoms with van der Waals surface area (Å²) in [7, 11) is 1.78. The van der Waals surface area contributed by atoms with Gasteiger partial charge in [-0.15, -0.1) is 0 Å². The van der Waals surface area contributed by atoms with Crippen molar-refractivity contribution in [2.24, 2.45) is 12.8 Å². The molecule has 0 aliphatic heterocycles. The Labute approximate surface area is 113 Å². The molecule has 0 unspecified atom stereocenters. The fourth-order valence-electron chi connectivity index (χ4n) is 1.63. The van der Waals surface area contributed by atoms with Gasteiger partial charge in [-0.2, -0.15) is 5.10 Å². The highest BCUT2D eigenvalue weighted by Crippen LogP contribution is 2.03. The van der Waals surface area contributed by atoms with E-state index in [4.69, 9.17) is 18.0 Å². The second-order valence-corrected chi connectivity index (χ2v) is 4.70. The van der Waals surface area contributed by atoms with Crippen molar-refractivity contribution in [2.75, 3.05) is 6.54 Å². The van der Waals surface area contributed by atoms with Gasteiger partial charge in [0.05, 0.1) is 10.7 Å². The zero-order chi connectivity index (χ0) is 13.5. The molecule has 0 saturated carbocycles. The Morgan fingerprint density at radius 2 is 2.28 bits per heavy atom. The van der Waals surface area contributed by atoms with Gasteiger partial charge in [0.1, 0.15) is 5.69 Å². The maximum atomic E-state index is 11.9. The van der Waals surface area contributed by atoms with Crippen LogP contribution in [0.1, 0.15) is 42.4 Å².